The second-order valence-corrected chi connectivity index (χ2v) is 7.36. The van der Waals surface area contributed by atoms with Gasteiger partial charge in [0, 0.05) is 18.7 Å². The first-order chi connectivity index (χ1) is 12.6. The molecule has 2 aromatic carbocycles. The number of carbonyl (C=O) groups excluding carboxylic acids is 2. The molecule has 3 amide bonds. The molecule has 1 aliphatic heterocycles. The monoisotopic (exact) mass is 366 g/mol. The SMILES string of the molecule is Cc1ccc2nc(NC(=O)NC3CC(=O)N(c4ccccc4)C3)sc2c1. The third-order valence-electron chi connectivity index (χ3n) is 4.29. The van der Waals surface area contributed by atoms with E-state index < -0.39 is 0 Å². The lowest BCUT2D eigenvalue weighted by Gasteiger charge is -2.17. The van der Waals surface area contributed by atoms with Crippen molar-refractivity contribution < 1.29 is 9.59 Å². The molecule has 3 aromatic rings. The van der Waals surface area contributed by atoms with Crippen LogP contribution in [0.1, 0.15) is 12.0 Å². The third-order valence-corrected chi connectivity index (χ3v) is 5.23. The van der Waals surface area contributed by atoms with Crippen molar-refractivity contribution in [2.45, 2.75) is 19.4 Å². The topological polar surface area (TPSA) is 74.3 Å². The Morgan fingerprint density at radius 1 is 1.23 bits per heavy atom. The van der Waals surface area contributed by atoms with E-state index >= 15 is 0 Å². The van der Waals surface area contributed by atoms with Crippen LogP contribution in [-0.2, 0) is 4.79 Å². The van der Waals surface area contributed by atoms with Gasteiger partial charge in [0.2, 0.25) is 5.91 Å². The van der Waals surface area contributed by atoms with Crippen LogP contribution in [0.25, 0.3) is 10.2 Å². The molecule has 1 unspecified atom stereocenters. The predicted octanol–water partition coefficient (Wildman–Crippen LogP) is 3.53. The summed E-state index contributed by atoms with van der Waals surface area (Å²) >= 11 is 1.44. The number of benzene rings is 2. The Labute approximate surface area is 154 Å². The van der Waals surface area contributed by atoms with Crippen LogP contribution in [0.4, 0.5) is 15.6 Å². The minimum atomic E-state index is -0.339. The zero-order valence-electron chi connectivity index (χ0n) is 14.2. The van der Waals surface area contributed by atoms with Crippen molar-refractivity contribution in [3.8, 4) is 0 Å². The van der Waals surface area contributed by atoms with Gasteiger partial charge in [-0.1, -0.05) is 35.6 Å². The summed E-state index contributed by atoms with van der Waals surface area (Å²) in [4.78, 5) is 30.6. The molecule has 1 fully saturated rings. The van der Waals surface area contributed by atoms with Crippen LogP contribution < -0.4 is 15.5 Å². The van der Waals surface area contributed by atoms with Gasteiger partial charge in [0.15, 0.2) is 5.13 Å². The average molecular weight is 366 g/mol. The summed E-state index contributed by atoms with van der Waals surface area (Å²) in [6.45, 7) is 2.49. The van der Waals surface area contributed by atoms with Gasteiger partial charge in [-0.2, -0.15) is 0 Å². The van der Waals surface area contributed by atoms with Gasteiger partial charge in [-0.25, -0.2) is 9.78 Å². The minimum Gasteiger partial charge on any atom is -0.333 e. The highest BCUT2D eigenvalue weighted by molar-refractivity contribution is 7.22. The van der Waals surface area contributed by atoms with Gasteiger partial charge in [-0.3, -0.25) is 10.1 Å². The summed E-state index contributed by atoms with van der Waals surface area (Å²) in [5.74, 6) is 0.0111. The Bertz CT molecular complexity index is 970. The van der Waals surface area contributed by atoms with E-state index in [4.69, 9.17) is 0 Å². The summed E-state index contributed by atoms with van der Waals surface area (Å²) in [7, 11) is 0. The molecule has 7 heteroatoms. The molecule has 6 nitrogen and oxygen atoms in total. The van der Waals surface area contributed by atoms with E-state index in [9.17, 15) is 9.59 Å². The quantitative estimate of drug-likeness (QED) is 0.745. The molecule has 1 atom stereocenters. The predicted molar refractivity (Wildman–Crippen MR) is 104 cm³/mol. The fraction of sp³-hybridized carbons (Fsp3) is 0.211. The average Bonchev–Trinajstić information content (AvgIpc) is 3.17. The summed E-state index contributed by atoms with van der Waals surface area (Å²) in [6, 6.07) is 14.9. The van der Waals surface area contributed by atoms with Gasteiger partial charge in [0.05, 0.1) is 16.3 Å². The number of hydrogen-bond acceptors (Lipinski definition) is 4. The highest BCUT2D eigenvalue weighted by atomic mass is 32.1. The van der Waals surface area contributed by atoms with Crippen LogP contribution in [0, 0.1) is 6.92 Å². The van der Waals surface area contributed by atoms with Gasteiger partial charge < -0.3 is 10.2 Å². The van der Waals surface area contributed by atoms with Gasteiger partial charge in [-0.15, -0.1) is 0 Å². The number of urea groups is 1. The number of para-hydroxylation sites is 1. The fourth-order valence-electron chi connectivity index (χ4n) is 3.07. The fourth-order valence-corrected chi connectivity index (χ4v) is 4.02. The molecule has 1 saturated heterocycles. The molecular formula is C19H18N4O2S. The first-order valence-corrected chi connectivity index (χ1v) is 9.20. The van der Waals surface area contributed by atoms with E-state index in [1.807, 2.05) is 55.5 Å². The van der Waals surface area contributed by atoms with Crippen molar-refractivity contribution in [1.82, 2.24) is 10.3 Å². The van der Waals surface area contributed by atoms with Crippen LogP contribution in [0.3, 0.4) is 0 Å². The Morgan fingerprint density at radius 2 is 2.04 bits per heavy atom. The number of nitrogens with one attached hydrogen (secondary N) is 2. The summed E-state index contributed by atoms with van der Waals surface area (Å²) < 4.78 is 1.03. The largest absolute Gasteiger partial charge is 0.333 e. The third kappa shape index (κ3) is 3.39. The molecule has 0 radical (unpaired) electrons. The van der Waals surface area contributed by atoms with Crippen molar-refractivity contribution in [1.29, 1.82) is 0 Å². The van der Waals surface area contributed by atoms with Gasteiger partial charge >= 0.3 is 6.03 Å². The second kappa shape index (κ2) is 6.76. The number of aryl methyl sites for hydroxylation is 1. The van der Waals surface area contributed by atoms with E-state index in [1.165, 1.54) is 11.3 Å². The van der Waals surface area contributed by atoms with Crippen molar-refractivity contribution in [2.24, 2.45) is 0 Å². The van der Waals surface area contributed by atoms with Crippen molar-refractivity contribution >= 4 is 44.3 Å². The van der Waals surface area contributed by atoms with Crippen LogP contribution >= 0.6 is 11.3 Å². The highest BCUT2D eigenvalue weighted by Crippen LogP contribution is 2.27. The van der Waals surface area contributed by atoms with Crippen molar-refractivity contribution in [3.63, 3.8) is 0 Å². The van der Waals surface area contributed by atoms with Crippen LogP contribution in [-0.4, -0.2) is 29.5 Å². The molecule has 0 saturated carbocycles. The van der Waals surface area contributed by atoms with E-state index in [2.05, 4.69) is 15.6 Å². The van der Waals surface area contributed by atoms with Crippen LogP contribution in [0.15, 0.2) is 48.5 Å². The number of hydrogen-bond donors (Lipinski definition) is 2. The highest BCUT2D eigenvalue weighted by Gasteiger charge is 2.31. The van der Waals surface area contributed by atoms with E-state index in [-0.39, 0.29) is 18.0 Å². The normalized spacial score (nSPS) is 16.9. The summed E-state index contributed by atoms with van der Waals surface area (Å²) in [5.41, 5.74) is 2.87. The maximum absolute atomic E-state index is 12.3. The maximum Gasteiger partial charge on any atom is 0.321 e. The van der Waals surface area contributed by atoms with E-state index in [0.717, 1.165) is 21.5 Å². The standard InChI is InChI=1S/C19H18N4O2S/c1-12-7-8-15-16(9-12)26-19(21-15)22-18(25)20-13-10-17(24)23(11-13)14-5-3-2-4-6-14/h2-9,13H,10-11H2,1H3,(H2,20,21,22,25). The lowest BCUT2D eigenvalue weighted by molar-refractivity contribution is -0.117. The zero-order chi connectivity index (χ0) is 18.1. The maximum atomic E-state index is 12.3. The summed E-state index contributed by atoms with van der Waals surface area (Å²) in [5, 5.41) is 6.19. The van der Waals surface area contributed by atoms with Gasteiger partial charge in [0.1, 0.15) is 0 Å². The number of aromatic nitrogens is 1. The number of anilines is 2. The molecule has 1 aliphatic rings. The van der Waals surface area contributed by atoms with Crippen molar-refractivity contribution in [2.75, 3.05) is 16.8 Å². The molecule has 2 heterocycles. The first-order valence-electron chi connectivity index (χ1n) is 8.38. The Hall–Kier alpha value is -2.93. The molecule has 0 aliphatic carbocycles. The Kier molecular flexibility index (Phi) is 4.30. The zero-order valence-corrected chi connectivity index (χ0v) is 15.0. The number of nitrogens with zero attached hydrogens (tertiary/aromatic N) is 2. The second-order valence-electron chi connectivity index (χ2n) is 6.33. The number of rotatable bonds is 3. The van der Waals surface area contributed by atoms with E-state index in [1.54, 1.807) is 4.90 Å². The van der Waals surface area contributed by atoms with Crippen molar-refractivity contribution in [3.05, 3.63) is 54.1 Å². The number of fused-ring (bicyclic) bond motifs is 1. The Morgan fingerprint density at radius 3 is 2.85 bits per heavy atom. The lowest BCUT2D eigenvalue weighted by Crippen LogP contribution is -2.39. The van der Waals surface area contributed by atoms with Gasteiger partial charge in [-0.05, 0) is 36.8 Å². The van der Waals surface area contributed by atoms with Crippen LogP contribution in [0.5, 0.6) is 0 Å². The molecule has 2 N–H and O–H groups in total. The molecule has 4 rings (SSSR count). The molecular weight excluding hydrogens is 348 g/mol. The molecule has 0 bridgehead atoms. The van der Waals surface area contributed by atoms with E-state index in [0.29, 0.717) is 18.1 Å². The van der Waals surface area contributed by atoms with Crippen LogP contribution in [0.2, 0.25) is 0 Å². The lowest BCUT2D eigenvalue weighted by atomic mass is 10.2. The smallest absolute Gasteiger partial charge is 0.321 e. The molecule has 0 spiro atoms. The summed E-state index contributed by atoms with van der Waals surface area (Å²) in [6.07, 6.45) is 0.293. The number of carbonyl (C=O) groups is 2. The number of thiazole rings is 1. The Balaban J connectivity index is 1.39. The molecule has 132 valence electrons. The molecule has 26 heavy (non-hydrogen) atoms. The number of amides is 3. The minimum absolute atomic E-state index is 0.0111. The first kappa shape index (κ1) is 16.5. The molecule has 1 aromatic heterocycles. The van der Waals surface area contributed by atoms with Gasteiger partial charge in [0.25, 0.3) is 0 Å².